The summed E-state index contributed by atoms with van der Waals surface area (Å²) in [6.45, 7) is 4.35. The third-order valence-electron chi connectivity index (χ3n) is 4.46. The molecular weight excluding hydrogens is 264 g/mol. The van der Waals surface area contributed by atoms with Gasteiger partial charge in [0.05, 0.1) is 11.5 Å². The van der Waals surface area contributed by atoms with E-state index in [0.29, 0.717) is 18.2 Å². The number of benzene rings is 1. The number of hydrogen-bond donors (Lipinski definition) is 3. The Morgan fingerprint density at radius 1 is 1.57 bits per heavy atom. The normalized spacial score (nSPS) is 27.1. The average molecular weight is 290 g/mol. The van der Waals surface area contributed by atoms with Crippen LogP contribution in [0.25, 0.3) is 0 Å². The largest absolute Gasteiger partial charge is 0.399 e. The van der Waals surface area contributed by atoms with Crippen LogP contribution in [0, 0.1) is 5.92 Å². The number of hydrogen-bond acceptors (Lipinski definition) is 3. The first-order chi connectivity index (χ1) is 9.89. The maximum Gasteiger partial charge on any atom is 0.227 e. The molecule has 2 rings (SSSR count). The maximum atomic E-state index is 12.3. The van der Waals surface area contributed by atoms with Crippen LogP contribution >= 0.6 is 0 Å². The molecule has 116 valence electrons. The molecular formula is C17H26N2O2. The van der Waals surface area contributed by atoms with Crippen LogP contribution in [0.1, 0.15) is 51.0 Å². The summed E-state index contributed by atoms with van der Waals surface area (Å²) in [4.78, 5) is 12.3. The highest BCUT2D eigenvalue weighted by Crippen LogP contribution is 2.31. The Labute approximate surface area is 126 Å². The number of carbonyl (C=O) groups excluding carboxylic acids is 1. The zero-order valence-electron chi connectivity index (χ0n) is 12.9. The predicted octanol–water partition coefficient (Wildman–Crippen LogP) is 2.43. The number of aliphatic hydroxyl groups is 1. The van der Waals surface area contributed by atoms with E-state index in [1.807, 2.05) is 25.1 Å². The topological polar surface area (TPSA) is 75.3 Å². The third kappa shape index (κ3) is 4.21. The Bertz CT molecular complexity index is 503. The second-order valence-corrected chi connectivity index (χ2v) is 6.54. The number of anilines is 1. The molecule has 4 nitrogen and oxygen atoms in total. The maximum absolute atomic E-state index is 12.3. The summed E-state index contributed by atoms with van der Waals surface area (Å²) in [6, 6.07) is 7.38. The first-order valence-electron chi connectivity index (χ1n) is 7.75. The van der Waals surface area contributed by atoms with Crippen molar-refractivity contribution in [3.63, 3.8) is 0 Å². The molecule has 0 radical (unpaired) electrons. The van der Waals surface area contributed by atoms with Crippen LogP contribution in [0.5, 0.6) is 0 Å². The highest BCUT2D eigenvalue weighted by molar-refractivity contribution is 5.83. The molecule has 1 aliphatic rings. The van der Waals surface area contributed by atoms with Crippen molar-refractivity contribution in [1.29, 1.82) is 0 Å². The van der Waals surface area contributed by atoms with Gasteiger partial charge in [-0.3, -0.25) is 4.79 Å². The molecule has 4 N–H and O–H groups in total. The minimum atomic E-state index is -0.747. The van der Waals surface area contributed by atoms with Gasteiger partial charge in [0.1, 0.15) is 0 Å². The fourth-order valence-corrected chi connectivity index (χ4v) is 3.18. The highest BCUT2D eigenvalue weighted by Gasteiger charge is 2.33. The zero-order chi connectivity index (χ0) is 15.5. The lowest BCUT2D eigenvalue weighted by Crippen LogP contribution is -2.46. The van der Waals surface area contributed by atoms with E-state index in [2.05, 4.69) is 12.2 Å². The SMILES string of the molecule is CC1CCCC(O)(CNC(=O)C(C)c2cccc(N)c2)C1. The highest BCUT2D eigenvalue weighted by atomic mass is 16.3. The first-order valence-corrected chi connectivity index (χ1v) is 7.75. The molecule has 1 amide bonds. The summed E-state index contributed by atoms with van der Waals surface area (Å²) in [5, 5.41) is 13.5. The molecule has 21 heavy (non-hydrogen) atoms. The first kappa shape index (κ1) is 15.8. The number of nitrogens with one attached hydrogen (secondary N) is 1. The van der Waals surface area contributed by atoms with Crippen LogP contribution in [0.3, 0.4) is 0 Å². The van der Waals surface area contributed by atoms with E-state index in [1.54, 1.807) is 6.07 Å². The summed E-state index contributed by atoms with van der Waals surface area (Å²) in [5.74, 6) is 0.192. The average Bonchev–Trinajstić information content (AvgIpc) is 2.44. The standard InChI is InChI=1S/C17H26N2O2/c1-12-5-4-8-17(21,10-12)11-19-16(20)13(2)14-6-3-7-15(18)9-14/h3,6-7,9,12-13,21H,4-5,8,10-11,18H2,1-2H3,(H,19,20). The van der Waals surface area contributed by atoms with E-state index in [1.165, 1.54) is 0 Å². The van der Waals surface area contributed by atoms with Gasteiger partial charge in [0, 0.05) is 12.2 Å². The van der Waals surface area contributed by atoms with Crippen molar-refractivity contribution in [3.05, 3.63) is 29.8 Å². The molecule has 3 atom stereocenters. The summed E-state index contributed by atoms with van der Waals surface area (Å²) in [6.07, 6.45) is 3.72. The van der Waals surface area contributed by atoms with Crippen LogP contribution in [0.4, 0.5) is 5.69 Å². The Hall–Kier alpha value is -1.55. The van der Waals surface area contributed by atoms with Gasteiger partial charge in [-0.2, -0.15) is 0 Å². The molecule has 1 aromatic carbocycles. The lowest BCUT2D eigenvalue weighted by Gasteiger charge is -2.35. The predicted molar refractivity (Wildman–Crippen MR) is 84.9 cm³/mol. The van der Waals surface area contributed by atoms with Gasteiger partial charge in [0.25, 0.3) is 0 Å². The molecule has 1 aliphatic carbocycles. The number of carbonyl (C=O) groups is 1. The summed E-state index contributed by atoms with van der Waals surface area (Å²) < 4.78 is 0. The minimum Gasteiger partial charge on any atom is -0.399 e. The Kier molecular flexibility index (Phi) is 4.88. The van der Waals surface area contributed by atoms with Gasteiger partial charge in [0.2, 0.25) is 5.91 Å². The van der Waals surface area contributed by atoms with Crippen LogP contribution in [0.15, 0.2) is 24.3 Å². The van der Waals surface area contributed by atoms with E-state index in [-0.39, 0.29) is 11.8 Å². The van der Waals surface area contributed by atoms with E-state index >= 15 is 0 Å². The van der Waals surface area contributed by atoms with Gasteiger partial charge in [-0.1, -0.05) is 31.9 Å². The van der Waals surface area contributed by atoms with Crippen molar-refractivity contribution >= 4 is 11.6 Å². The van der Waals surface area contributed by atoms with Crippen LogP contribution in [0.2, 0.25) is 0 Å². The van der Waals surface area contributed by atoms with E-state index in [4.69, 9.17) is 5.73 Å². The fraction of sp³-hybridized carbons (Fsp3) is 0.588. The Balaban J connectivity index is 1.92. The lowest BCUT2D eigenvalue weighted by atomic mass is 9.79. The lowest BCUT2D eigenvalue weighted by molar-refractivity contribution is -0.124. The molecule has 1 aromatic rings. The molecule has 0 spiro atoms. The number of amides is 1. The number of nitrogen functional groups attached to an aromatic ring is 1. The quantitative estimate of drug-likeness (QED) is 0.745. The van der Waals surface area contributed by atoms with Crippen molar-refractivity contribution in [2.24, 2.45) is 5.92 Å². The molecule has 0 aliphatic heterocycles. The molecule has 3 unspecified atom stereocenters. The van der Waals surface area contributed by atoms with Crippen molar-refractivity contribution < 1.29 is 9.90 Å². The molecule has 4 heteroatoms. The van der Waals surface area contributed by atoms with E-state index in [9.17, 15) is 9.90 Å². The van der Waals surface area contributed by atoms with Gasteiger partial charge in [0.15, 0.2) is 0 Å². The van der Waals surface area contributed by atoms with Crippen molar-refractivity contribution in [3.8, 4) is 0 Å². The van der Waals surface area contributed by atoms with E-state index in [0.717, 1.165) is 31.2 Å². The molecule has 1 saturated carbocycles. The Morgan fingerprint density at radius 2 is 2.33 bits per heavy atom. The van der Waals surface area contributed by atoms with Crippen molar-refractivity contribution in [2.75, 3.05) is 12.3 Å². The summed E-state index contributed by atoms with van der Waals surface area (Å²) >= 11 is 0. The van der Waals surface area contributed by atoms with Crippen molar-refractivity contribution in [2.45, 2.75) is 51.0 Å². The van der Waals surface area contributed by atoms with Gasteiger partial charge >= 0.3 is 0 Å². The fourth-order valence-electron chi connectivity index (χ4n) is 3.18. The van der Waals surface area contributed by atoms with Gasteiger partial charge in [-0.25, -0.2) is 0 Å². The van der Waals surface area contributed by atoms with Crippen LogP contribution in [-0.2, 0) is 4.79 Å². The summed E-state index contributed by atoms with van der Waals surface area (Å²) in [5.41, 5.74) is 6.56. The van der Waals surface area contributed by atoms with Crippen LogP contribution < -0.4 is 11.1 Å². The molecule has 0 saturated heterocycles. The number of nitrogens with two attached hydrogens (primary N) is 1. The number of rotatable bonds is 4. The van der Waals surface area contributed by atoms with Gasteiger partial charge in [-0.15, -0.1) is 0 Å². The van der Waals surface area contributed by atoms with Crippen LogP contribution in [-0.4, -0.2) is 23.2 Å². The van der Waals surface area contributed by atoms with E-state index < -0.39 is 5.60 Å². The smallest absolute Gasteiger partial charge is 0.227 e. The van der Waals surface area contributed by atoms with Gasteiger partial charge < -0.3 is 16.2 Å². The van der Waals surface area contributed by atoms with Crippen molar-refractivity contribution in [1.82, 2.24) is 5.32 Å². The molecule has 0 bridgehead atoms. The monoisotopic (exact) mass is 290 g/mol. The zero-order valence-corrected chi connectivity index (χ0v) is 12.9. The second kappa shape index (κ2) is 6.48. The summed E-state index contributed by atoms with van der Waals surface area (Å²) in [7, 11) is 0. The molecule has 0 heterocycles. The second-order valence-electron chi connectivity index (χ2n) is 6.54. The minimum absolute atomic E-state index is 0.0627. The third-order valence-corrected chi connectivity index (χ3v) is 4.46. The van der Waals surface area contributed by atoms with Gasteiger partial charge in [-0.05, 0) is 43.4 Å². The molecule has 1 fully saturated rings. The molecule has 0 aromatic heterocycles. The Morgan fingerprint density at radius 3 is 3.00 bits per heavy atom.